The quantitative estimate of drug-likeness (QED) is 0.842. The fraction of sp³-hybridized carbons (Fsp3) is 0.625. The summed E-state index contributed by atoms with van der Waals surface area (Å²) in [6.07, 6.45) is 5.03. The fourth-order valence-corrected chi connectivity index (χ4v) is 2.79. The van der Waals surface area contributed by atoms with E-state index in [-0.39, 0.29) is 11.8 Å². The van der Waals surface area contributed by atoms with Crippen LogP contribution in [0, 0.1) is 0 Å². The van der Waals surface area contributed by atoms with Crippen LogP contribution in [0.2, 0.25) is 0 Å². The minimum absolute atomic E-state index is 0.0524. The molecule has 1 atom stereocenters. The van der Waals surface area contributed by atoms with E-state index in [1.807, 2.05) is 6.92 Å². The maximum atomic E-state index is 12.1. The van der Waals surface area contributed by atoms with Crippen molar-refractivity contribution < 1.29 is 18.6 Å². The van der Waals surface area contributed by atoms with Crippen LogP contribution in [-0.4, -0.2) is 23.9 Å². The molecule has 1 saturated carbocycles. The predicted octanol–water partition coefficient (Wildman–Crippen LogP) is 3.63. The van der Waals surface area contributed by atoms with E-state index < -0.39 is 12.2 Å². The number of nitrogens with one attached hydrogen (secondary N) is 1. The monoisotopic (exact) mass is 299 g/mol. The molecule has 5 heteroatoms. The zero-order valence-corrected chi connectivity index (χ0v) is 12.3. The van der Waals surface area contributed by atoms with Gasteiger partial charge in [-0.1, -0.05) is 31.4 Å². The molecule has 0 heterocycles. The predicted molar refractivity (Wildman–Crippen MR) is 77.5 cm³/mol. The van der Waals surface area contributed by atoms with Gasteiger partial charge in [0.05, 0.1) is 5.60 Å². The van der Waals surface area contributed by atoms with Crippen molar-refractivity contribution in [3.63, 3.8) is 0 Å². The molecule has 1 aliphatic rings. The van der Waals surface area contributed by atoms with Gasteiger partial charge in [0.1, 0.15) is 5.75 Å². The number of halogens is 2. The van der Waals surface area contributed by atoms with E-state index >= 15 is 0 Å². The first-order valence-corrected chi connectivity index (χ1v) is 7.49. The van der Waals surface area contributed by atoms with E-state index in [0.29, 0.717) is 6.54 Å². The summed E-state index contributed by atoms with van der Waals surface area (Å²) >= 11 is 0. The lowest BCUT2D eigenvalue weighted by atomic mass is 9.84. The lowest BCUT2D eigenvalue weighted by molar-refractivity contribution is -0.0498. The number of aliphatic hydroxyl groups is 1. The van der Waals surface area contributed by atoms with Gasteiger partial charge in [0.15, 0.2) is 0 Å². The number of ether oxygens (including phenoxy) is 1. The van der Waals surface area contributed by atoms with Crippen LogP contribution in [0.25, 0.3) is 0 Å². The first-order chi connectivity index (χ1) is 9.98. The zero-order valence-electron chi connectivity index (χ0n) is 12.3. The number of alkyl halides is 2. The van der Waals surface area contributed by atoms with Gasteiger partial charge in [0.25, 0.3) is 0 Å². The van der Waals surface area contributed by atoms with E-state index in [0.717, 1.165) is 31.2 Å². The van der Waals surface area contributed by atoms with Crippen molar-refractivity contribution in [3.05, 3.63) is 29.8 Å². The Bertz CT molecular complexity index is 430. The van der Waals surface area contributed by atoms with Crippen molar-refractivity contribution in [1.82, 2.24) is 5.32 Å². The van der Waals surface area contributed by atoms with Gasteiger partial charge in [-0.15, -0.1) is 0 Å². The Labute approximate surface area is 124 Å². The highest BCUT2D eigenvalue weighted by molar-refractivity contribution is 5.29. The minimum atomic E-state index is -2.80. The molecule has 21 heavy (non-hydrogen) atoms. The molecule has 1 fully saturated rings. The van der Waals surface area contributed by atoms with Crippen LogP contribution in [0.15, 0.2) is 24.3 Å². The average molecular weight is 299 g/mol. The van der Waals surface area contributed by atoms with Crippen LogP contribution in [-0.2, 0) is 0 Å². The SMILES string of the molecule is CC(NCC1(O)CCCCC1)c1ccc(OC(F)F)cc1. The van der Waals surface area contributed by atoms with Crippen molar-refractivity contribution in [2.24, 2.45) is 0 Å². The Morgan fingerprint density at radius 3 is 2.38 bits per heavy atom. The third-order valence-corrected chi connectivity index (χ3v) is 4.13. The van der Waals surface area contributed by atoms with Crippen molar-refractivity contribution >= 4 is 0 Å². The summed E-state index contributed by atoms with van der Waals surface area (Å²) in [6.45, 7) is -0.245. The van der Waals surface area contributed by atoms with Crippen molar-refractivity contribution in [1.29, 1.82) is 0 Å². The molecule has 0 saturated heterocycles. The first kappa shape index (κ1) is 16.2. The molecule has 0 aliphatic heterocycles. The normalized spacial score (nSPS) is 19.5. The topological polar surface area (TPSA) is 41.5 Å². The maximum absolute atomic E-state index is 12.1. The minimum Gasteiger partial charge on any atom is -0.435 e. The summed E-state index contributed by atoms with van der Waals surface area (Å²) < 4.78 is 28.5. The van der Waals surface area contributed by atoms with Crippen LogP contribution in [0.4, 0.5) is 8.78 Å². The third-order valence-electron chi connectivity index (χ3n) is 4.13. The summed E-state index contributed by atoms with van der Waals surface area (Å²) in [4.78, 5) is 0. The lowest BCUT2D eigenvalue weighted by Crippen LogP contribution is -2.42. The van der Waals surface area contributed by atoms with Crippen LogP contribution >= 0.6 is 0 Å². The van der Waals surface area contributed by atoms with Gasteiger partial charge in [-0.2, -0.15) is 8.78 Å². The van der Waals surface area contributed by atoms with Gasteiger partial charge in [-0.05, 0) is 37.5 Å². The number of benzene rings is 1. The smallest absolute Gasteiger partial charge is 0.387 e. The standard InChI is InChI=1S/C16H23F2NO2/c1-12(19-11-16(20)9-3-2-4-10-16)13-5-7-14(8-6-13)21-15(17)18/h5-8,12,15,19-20H,2-4,9-11H2,1H3. The molecule has 2 N–H and O–H groups in total. The molecular formula is C16H23F2NO2. The van der Waals surface area contributed by atoms with Gasteiger partial charge in [0, 0.05) is 12.6 Å². The zero-order chi connectivity index (χ0) is 15.3. The molecule has 1 aromatic carbocycles. The molecular weight excluding hydrogens is 276 g/mol. The Hall–Kier alpha value is -1.20. The molecule has 0 bridgehead atoms. The highest BCUT2D eigenvalue weighted by atomic mass is 19.3. The Kier molecular flexibility index (Phi) is 5.53. The average Bonchev–Trinajstić information content (AvgIpc) is 2.46. The summed E-state index contributed by atoms with van der Waals surface area (Å²) in [5.74, 6) is 0.159. The van der Waals surface area contributed by atoms with Crippen LogP contribution in [0.3, 0.4) is 0 Å². The lowest BCUT2D eigenvalue weighted by Gasteiger charge is -2.33. The maximum Gasteiger partial charge on any atom is 0.387 e. The Balaban J connectivity index is 1.86. The van der Waals surface area contributed by atoms with E-state index in [2.05, 4.69) is 10.1 Å². The van der Waals surface area contributed by atoms with Gasteiger partial charge >= 0.3 is 6.61 Å². The van der Waals surface area contributed by atoms with E-state index in [9.17, 15) is 13.9 Å². The molecule has 2 rings (SSSR count). The van der Waals surface area contributed by atoms with Crippen LogP contribution in [0.1, 0.15) is 50.6 Å². The highest BCUT2D eigenvalue weighted by Gasteiger charge is 2.29. The summed E-state index contributed by atoms with van der Waals surface area (Å²) in [6, 6.07) is 6.65. The largest absolute Gasteiger partial charge is 0.435 e. The number of rotatable bonds is 6. The second kappa shape index (κ2) is 7.18. The summed E-state index contributed by atoms with van der Waals surface area (Å²) in [5, 5.41) is 13.8. The summed E-state index contributed by atoms with van der Waals surface area (Å²) in [7, 11) is 0. The third kappa shape index (κ3) is 4.93. The van der Waals surface area contributed by atoms with Crippen LogP contribution in [0.5, 0.6) is 5.75 Å². The van der Waals surface area contributed by atoms with Crippen molar-refractivity contribution in [2.75, 3.05) is 6.54 Å². The van der Waals surface area contributed by atoms with Crippen molar-refractivity contribution in [2.45, 2.75) is 57.3 Å². The Morgan fingerprint density at radius 1 is 1.19 bits per heavy atom. The first-order valence-electron chi connectivity index (χ1n) is 7.49. The highest BCUT2D eigenvalue weighted by Crippen LogP contribution is 2.28. The fourth-order valence-electron chi connectivity index (χ4n) is 2.79. The van der Waals surface area contributed by atoms with Crippen molar-refractivity contribution in [3.8, 4) is 5.75 Å². The second-order valence-electron chi connectivity index (χ2n) is 5.84. The summed E-state index contributed by atoms with van der Waals surface area (Å²) in [5.41, 5.74) is 0.377. The van der Waals surface area contributed by atoms with E-state index in [1.165, 1.54) is 18.6 Å². The van der Waals surface area contributed by atoms with Crippen LogP contribution < -0.4 is 10.1 Å². The number of hydrogen-bond donors (Lipinski definition) is 2. The van der Waals surface area contributed by atoms with Gasteiger partial charge in [-0.3, -0.25) is 0 Å². The van der Waals surface area contributed by atoms with Gasteiger partial charge in [0.2, 0.25) is 0 Å². The van der Waals surface area contributed by atoms with Gasteiger partial charge in [-0.25, -0.2) is 0 Å². The molecule has 0 radical (unpaired) electrons. The molecule has 0 spiro atoms. The van der Waals surface area contributed by atoms with Gasteiger partial charge < -0.3 is 15.2 Å². The molecule has 118 valence electrons. The molecule has 1 aliphatic carbocycles. The molecule has 1 unspecified atom stereocenters. The Morgan fingerprint density at radius 2 is 1.81 bits per heavy atom. The van der Waals surface area contributed by atoms with E-state index in [4.69, 9.17) is 0 Å². The van der Waals surface area contributed by atoms with E-state index in [1.54, 1.807) is 12.1 Å². The molecule has 3 nitrogen and oxygen atoms in total. The number of hydrogen-bond acceptors (Lipinski definition) is 3. The molecule has 0 amide bonds. The second-order valence-corrected chi connectivity index (χ2v) is 5.84. The molecule has 1 aromatic rings. The molecule has 0 aromatic heterocycles.